The topological polar surface area (TPSA) is 80.3 Å². The number of hydrogen-bond acceptors (Lipinski definition) is 7. The third kappa shape index (κ3) is 11.6. The van der Waals surface area contributed by atoms with Crippen molar-refractivity contribution in [2.24, 2.45) is 0 Å². The Hall–Kier alpha value is -1.60. The zero-order valence-electron chi connectivity index (χ0n) is 15.1. The summed E-state index contributed by atoms with van der Waals surface area (Å²) in [6.07, 6.45) is -0.691. The van der Waals surface area contributed by atoms with Gasteiger partial charge in [-0.05, 0) is 61.3 Å². The molecule has 7 nitrogen and oxygen atoms in total. The first-order chi connectivity index (χ1) is 10.3. The molecule has 0 aliphatic rings. The van der Waals surface area contributed by atoms with Gasteiger partial charge in [0.15, 0.2) is 0 Å². The van der Waals surface area contributed by atoms with Gasteiger partial charge in [-0.3, -0.25) is 0 Å². The highest BCUT2D eigenvalue weighted by molar-refractivity contribution is 5.87. The normalized spacial score (nSPS) is 12.0. The van der Waals surface area contributed by atoms with Gasteiger partial charge in [0.2, 0.25) is 0 Å². The molecule has 0 saturated heterocycles. The molecule has 0 aromatic rings. The number of carbonyl (C=O) groups excluding carboxylic acids is 2. The Balaban J connectivity index is 4.17. The fourth-order valence-electron chi connectivity index (χ4n) is 1.18. The van der Waals surface area contributed by atoms with Gasteiger partial charge in [-0.1, -0.05) is 6.58 Å². The average Bonchev–Trinajstić information content (AvgIpc) is 2.38. The summed E-state index contributed by atoms with van der Waals surface area (Å²) in [7, 11) is 0. The highest BCUT2D eigenvalue weighted by Crippen LogP contribution is 2.23. The predicted octanol–water partition coefficient (Wildman–Crippen LogP) is 3.87. The van der Waals surface area contributed by atoms with Gasteiger partial charge >= 0.3 is 12.1 Å². The second-order valence-electron chi connectivity index (χ2n) is 7.01. The molecule has 0 heterocycles. The summed E-state index contributed by atoms with van der Waals surface area (Å²) in [6.45, 7) is 16.1. The molecule has 0 saturated carbocycles. The van der Waals surface area contributed by atoms with Crippen LogP contribution in [-0.2, 0) is 29.1 Å². The maximum atomic E-state index is 11.6. The summed E-state index contributed by atoms with van der Waals surface area (Å²) in [6, 6.07) is 0. The van der Waals surface area contributed by atoms with E-state index in [4.69, 9.17) is 9.78 Å². The number of rotatable bonds is 7. The highest BCUT2D eigenvalue weighted by atomic mass is 17.2. The van der Waals surface area contributed by atoms with Crippen molar-refractivity contribution in [2.75, 3.05) is 0 Å². The quantitative estimate of drug-likeness (QED) is 0.303. The molecule has 0 radical (unpaired) electrons. The van der Waals surface area contributed by atoms with Gasteiger partial charge in [0.05, 0.1) is 17.3 Å². The van der Waals surface area contributed by atoms with Gasteiger partial charge in [-0.25, -0.2) is 24.3 Å². The van der Waals surface area contributed by atoms with Gasteiger partial charge in [0.25, 0.3) is 0 Å². The van der Waals surface area contributed by atoms with E-state index < -0.39 is 23.3 Å². The zero-order chi connectivity index (χ0) is 18.3. The molecule has 0 atom stereocenters. The van der Waals surface area contributed by atoms with Crippen LogP contribution < -0.4 is 0 Å². The Kier molecular flexibility index (Phi) is 8.26. The molecule has 0 aliphatic heterocycles. The molecule has 0 spiro atoms. The minimum absolute atomic E-state index is 0.148. The predicted molar refractivity (Wildman–Crippen MR) is 83.2 cm³/mol. The summed E-state index contributed by atoms with van der Waals surface area (Å²) in [5.74, 6) is -0.835. The number of hydrogen-bond donors (Lipinski definition) is 0. The molecule has 0 aromatic carbocycles. The van der Waals surface area contributed by atoms with Crippen LogP contribution in [0.1, 0.15) is 61.3 Å². The van der Waals surface area contributed by atoms with Gasteiger partial charge < -0.3 is 4.74 Å². The maximum absolute atomic E-state index is 11.6. The molecule has 0 aromatic heterocycles. The molecule has 0 N–H and O–H groups in total. The lowest BCUT2D eigenvalue weighted by molar-refractivity contribution is -0.398. The molecular formula is C16H28O7. The van der Waals surface area contributed by atoms with E-state index in [1.165, 1.54) is 0 Å². The zero-order valence-corrected chi connectivity index (χ0v) is 15.1. The minimum atomic E-state index is -1.08. The van der Waals surface area contributed by atoms with Crippen LogP contribution in [0.15, 0.2) is 12.2 Å². The first-order valence-corrected chi connectivity index (χ1v) is 7.46. The third-order valence-electron chi connectivity index (χ3n) is 2.35. The van der Waals surface area contributed by atoms with Crippen molar-refractivity contribution in [2.45, 2.75) is 78.6 Å². The lowest BCUT2D eigenvalue weighted by Crippen LogP contribution is -2.31. The lowest BCUT2D eigenvalue weighted by Gasteiger charge is -2.28. The standard InChI is InChI=1S/C16H28O7/c1-11(2)19-14(18)21-20-13(17)12(3)9-10-16(7,8)23-22-15(4,5)6/h11H,3,9-10H2,1-2,4-8H3. The molecular weight excluding hydrogens is 304 g/mol. The molecule has 7 heteroatoms. The van der Waals surface area contributed by atoms with Crippen molar-refractivity contribution in [1.29, 1.82) is 0 Å². The lowest BCUT2D eigenvalue weighted by atomic mass is 9.99. The molecule has 0 fully saturated rings. The average molecular weight is 332 g/mol. The minimum Gasteiger partial charge on any atom is -0.429 e. The Morgan fingerprint density at radius 3 is 2.04 bits per heavy atom. The molecule has 23 heavy (non-hydrogen) atoms. The van der Waals surface area contributed by atoms with E-state index in [9.17, 15) is 9.59 Å². The van der Waals surface area contributed by atoms with Gasteiger partial charge in [0.1, 0.15) is 0 Å². The van der Waals surface area contributed by atoms with E-state index in [0.717, 1.165) is 0 Å². The van der Waals surface area contributed by atoms with Crippen molar-refractivity contribution < 1.29 is 33.9 Å². The summed E-state index contributed by atoms with van der Waals surface area (Å²) in [5, 5.41) is 0. The summed E-state index contributed by atoms with van der Waals surface area (Å²) < 4.78 is 4.65. The van der Waals surface area contributed by atoms with Crippen molar-refractivity contribution in [1.82, 2.24) is 0 Å². The smallest absolute Gasteiger partial charge is 0.429 e. The molecule has 0 aliphatic carbocycles. The van der Waals surface area contributed by atoms with Crippen LogP contribution in [0.3, 0.4) is 0 Å². The summed E-state index contributed by atoms with van der Waals surface area (Å²) in [5.41, 5.74) is -0.902. The molecule has 134 valence electrons. The van der Waals surface area contributed by atoms with Crippen LogP contribution in [0.5, 0.6) is 0 Å². The Labute approximate surface area is 137 Å². The number of carbonyl (C=O) groups is 2. The Bertz CT molecular complexity index is 419. The van der Waals surface area contributed by atoms with Crippen LogP contribution in [0.2, 0.25) is 0 Å². The maximum Gasteiger partial charge on any atom is 0.550 e. The van der Waals surface area contributed by atoms with Crippen molar-refractivity contribution in [3.05, 3.63) is 12.2 Å². The van der Waals surface area contributed by atoms with Crippen LogP contribution >= 0.6 is 0 Å². The van der Waals surface area contributed by atoms with Gasteiger partial charge in [0, 0.05) is 5.57 Å². The van der Waals surface area contributed by atoms with E-state index in [2.05, 4.69) is 21.1 Å². The Morgan fingerprint density at radius 2 is 1.57 bits per heavy atom. The first-order valence-electron chi connectivity index (χ1n) is 7.46. The van der Waals surface area contributed by atoms with Crippen LogP contribution in [0.25, 0.3) is 0 Å². The fourth-order valence-corrected chi connectivity index (χ4v) is 1.18. The van der Waals surface area contributed by atoms with Crippen LogP contribution in [0.4, 0.5) is 4.79 Å². The van der Waals surface area contributed by atoms with E-state index in [-0.39, 0.29) is 11.7 Å². The van der Waals surface area contributed by atoms with E-state index in [1.807, 2.05) is 34.6 Å². The molecule has 0 rings (SSSR count). The molecule has 0 bridgehead atoms. The molecule has 0 amide bonds. The highest BCUT2D eigenvalue weighted by Gasteiger charge is 2.25. The number of ether oxygens (including phenoxy) is 1. The monoisotopic (exact) mass is 332 g/mol. The van der Waals surface area contributed by atoms with E-state index >= 15 is 0 Å². The first kappa shape index (κ1) is 21.4. The fraction of sp³-hybridized carbons (Fsp3) is 0.750. The van der Waals surface area contributed by atoms with Crippen LogP contribution in [0, 0.1) is 0 Å². The van der Waals surface area contributed by atoms with E-state index in [1.54, 1.807) is 13.8 Å². The SMILES string of the molecule is C=C(CCC(C)(C)OOC(C)(C)C)C(=O)OOC(=O)OC(C)C. The summed E-state index contributed by atoms with van der Waals surface area (Å²) >= 11 is 0. The second kappa shape index (κ2) is 8.88. The van der Waals surface area contributed by atoms with Gasteiger partial charge in [-0.2, -0.15) is 4.79 Å². The van der Waals surface area contributed by atoms with Crippen LogP contribution in [-0.4, -0.2) is 29.4 Å². The van der Waals surface area contributed by atoms with Gasteiger partial charge in [-0.15, -0.1) is 0 Å². The largest absolute Gasteiger partial charge is 0.550 e. The molecule has 0 unspecified atom stereocenters. The Morgan fingerprint density at radius 1 is 1.00 bits per heavy atom. The summed E-state index contributed by atoms with van der Waals surface area (Å²) in [4.78, 5) is 42.0. The second-order valence-corrected chi connectivity index (χ2v) is 7.01. The van der Waals surface area contributed by atoms with E-state index in [0.29, 0.717) is 12.8 Å². The van der Waals surface area contributed by atoms with Crippen molar-refractivity contribution in [3.63, 3.8) is 0 Å². The van der Waals surface area contributed by atoms with Crippen molar-refractivity contribution in [3.8, 4) is 0 Å². The van der Waals surface area contributed by atoms with Crippen molar-refractivity contribution >= 4 is 12.1 Å². The third-order valence-corrected chi connectivity index (χ3v) is 2.35.